The van der Waals surface area contributed by atoms with Crippen molar-refractivity contribution >= 4 is 12.4 Å². The standard InChI is InChI=1S/C16H17NO.ClH/c1-2-16(17)14-8-10-15(11-9-14)18-12-13-6-4-3-5-7-13;/h2-11,16H,1,12,17H2;1H/t16-;/m1./s1. The van der Waals surface area contributed by atoms with E-state index >= 15 is 0 Å². The van der Waals surface area contributed by atoms with Gasteiger partial charge in [-0.25, -0.2) is 0 Å². The molecule has 0 radical (unpaired) electrons. The molecule has 0 spiro atoms. The highest BCUT2D eigenvalue weighted by Gasteiger charge is 2.01. The fourth-order valence-electron chi connectivity index (χ4n) is 1.66. The molecule has 0 unspecified atom stereocenters. The molecule has 0 saturated carbocycles. The first-order chi connectivity index (χ1) is 8.79. The van der Waals surface area contributed by atoms with E-state index in [-0.39, 0.29) is 18.4 Å². The van der Waals surface area contributed by atoms with Crippen molar-refractivity contribution in [1.29, 1.82) is 0 Å². The minimum absolute atomic E-state index is 0. The van der Waals surface area contributed by atoms with Crippen LogP contribution in [0.4, 0.5) is 0 Å². The summed E-state index contributed by atoms with van der Waals surface area (Å²) >= 11 is 0. The molecule has 19 heavy (non-hydrogen) atoms. The molecule has 0 saturated heterocycles. The van der Waals surface area contributed by atoms with E-state index in [1.165, 1.54) is 0 Å². The van der Waals surface area contributed by atoms with Crippen LogP contribution in [0.1, 0.15) is 17.2 Å². The molecule has 2 aromatic carbocycles. The Kier molecular flexibility index (Phi) is 6.13. The summed E-state index contributed by atoms with van der Waals surface area (Å²) in [6.45, 7) is 4.26. The molecular formula is C16H18ClNO. The number of nitrogens with two attached hydrogens (primary N) is 1. The minimum atomic E-state index is -0.117. The zero-order valence-corrected chi connectivity index (χ0v) is 11.5. The van der Waals surface area contributed by atoms with Crippen molar-refractivity contribution in [2.45, 2.75) is 12.6 Å². The predicted octanol–water partition coefficient (Wildman–Crippen LogP) is 3.87. The van der Waals surface area contributed by atoms with Gasteiger partial charge in [-0.05, 0) is 23.3 Å². The Labute approximate surface area is 120 Å². The van der Waals surface area contributed by atoms with Gasteiger partial charge in [0.25, 0.3) is 0 Å². The first kappa shape index (κ1) is 15.3. The summed E-state index contributed by atoms with van der Waals surface area (Å²) in [4.78, 5) is 0. The van der Waals surface area contributed by atoms with Crippen LogP contribution in [-0.2, 0) is 6.61 Å². The summed E-state index contributed by atoms with van der Waals surface area (Å²) in [5, 5.41) is 0. The molecular weight excluding hydrogens is 258 g/mol. The highest BCUT2D eigenvalue weighted by atomic mass is 35.5. The number of benzene rings is 2. The Morgan fingerprint density at radius 3 is 2.26 bits per heavy atom. The van der Waals surface area contributed by atoms with E-state index in [2.05, 4.69) is 6.58 Å². The molecule has 3 heteroatoms. The van der Waals surface area contributed by atoms with Gasteiger partial charge < -0.3 is 10.5 Å². The van der Waals surface area contributed by atoms with Crippen molar-refractivity contribution in [3.8, 4) is 5.75 Å². The molecule has 2 aromatic rings. The third-order valence-electron chi connectivity index (χ3n) is 2.77. The minimum Gasteiger partial charge on any atom is -0.489 e. The van der Waals surface area contributed by atoms with Gasteiger partial charge in [-0.2, -0.15) is 0 Å². The fraction of sp³-hybridized carbons (Fsp3) is 0.125. The summed E-state index contributed by atoms with van der Waals surface area (Å²) in [7, 11) is 0. The average molecular weight is 276 g/mol. The molecule has 0 fully saturated rings. The van der Waals surface area contributed by atoms with Crippen LogP contribution in [-0.4, -0.2) is 0 Å². The first-order valence-corrected chi connectivity index (χ1v) is 5.94. The number of rotatable bonds is 5. The molecule has 0 aliphatic carbocycles. The zero-order valence-electron chi connectivity index (χ0n) is 10.7. The molecule has 1 atom stereocenters. The second kappa shape index (κ2) is 7.62. The smallest absolute Gasteiger partial charge is 0.119 e. The van der Waals surface area contributed by atoms with Crippen molar-refractivity contribution in [1.82, 2.24) is 0 Å². The quantitative estimate of drug-likeness (QED) is 0.841. The Morgan fingerprint density at radius 2 is 1.68 bits per heavy atom. The van der Waals surface area contributed by atoms with Gasteiger partial charge in [0, 0.05) is 6.04 Å². The lowest BCUT2D eigenvalue weighted by atomic mass is 10.1. The van der Waals surface area contributed by atoms with E-state index in [1.54, 1.807) is 6.08 Å². The van der Waals surface area contributed by atoms with Gasteiger partial charge in [0.15, 0.2) is 0 Å². The maximum atomic E-state index is 5.85. The maximum Gasteiger partial charge on any atom is 0.119 e. The van der Waals surface area contributed by atoms with Gasteiger partial charge in [-0.15, -0.1) is 19.0 Å². The second-order valence-electron chi connectivity index (χ2n) is 4.10. The van der Waals surface area contributed by atoms with Crippen LogP contribution in [0.15, 0.2) is 67.3 Å². The molecule has 100 valence electrons. The van der Waals surface area contributed by atoms with Crippen LogP contribution in [0.5, 0.6) is 5.75 Å². The van der Waals surface area contributed by atoms with Crippen molar-refractivity contribution in [2.24, 2.45) is 5.73 Å². The zero-order chi connectivity index (χ0) is 12.8. The normalized spacial score (nSPS) is 11.2. The Bertz CT molecular complexity index is 496. The van der Waals surface area contributed by atoms with Crippen LogP contribution < -0.4 is 10.5 Å². The summed E-state index contributed by atoms with van der Waals surface area (Å²) in [6.07, 6.45) is 1.72. The maximum absolute atomic E-state index is 5.85. The van der Waals surface area contributed by atoms with E-state index in [0.29, 0.717) is 6.61 Å². The third kappa shape index (κ3) is 4.43. The molecule has 2 rings (SSSR count). The monoisotopic (exact) mass is 275 g/mol. The molecule has 0 heterocycles. The summed E-state index contributed by atoms with van der Waals surface area (Å²) in [6, 6.07) is 17.8. The van der Waals surface area contributed by atoms with E-state index in [4.69, 9.17) is 10.5 Å². The first-order valence-electron chi connectivity index (χ1n) is 5.94. The van der Waals surface area contributed by atoms with E-state index in [1.807, 2.05) is 54.6 Å². The predicted molar refractivity (Wildman–Crippen MR) is 81.6 cm³/mol. The topological polar surface area (TPSA) is 35.2 Å². The Hall–Kier alpha value is -1.77. The van der Waals surface area contributed by atoms with Gasteiger partial charge >= 0.3 is 0 Å². The Balaban J connectivity index is 0.00000180. The van der Waals surface area contributed by atoms with Gasteiger partial charge in [0.05, 0.1) is 0 Å². The highest BCUT2D eigenvalue weighted by Crippen LogP contribution is 2.17. The van der Waals surface area contributed by atoms with Crippen LogP contribution in [0, 0.1) is 0 Å². The number of halogens is 1. The lowest BCUT2D eigenvalue weighted by molar-refractivity contribution is 0.306. The largest absolute Gasteiger partial charge is 0.489 e. The lowest BCUT2D eigenvalue weighted by Gasteiger charge is -2.09. The van der Waals surface area contributed by atoms with Gasteiger partial charge in [0.1, 0.15) is 12.4 Å². The molecule has 0 bridgehead atoms. The lowest BCUT2D eigenvalue weighted by Crippen LogP contribution is -2.06. The van der Waals surface area contributed by atoms with Crippen LogP contribution >= 0.6 is 12.4 Å². The number of hydrogen-bond donors (Lipinski definition) is 1. The number of hydrogen-bond acceptors (Lipinski definition) is 2. The summed E-state index contributed by atoms with van der Waals surface area (Å²) in [5.74, 6) is 0.846. The average Bonchev–Trinajstić information content (AvgIpc) is 2.46. The van der Waals surface area contributed by atoms with Gasteiger partial charge in [-0.1, -0.05) is 48.5 Å². The fourth-order valence-corrected chi connectivity index (χ4v) is 1.66. The molecule has 0 aliphatic heterocycles. The van der Waals surface area contributed by atoms with Gasteiger partial charge in [0.2, 0.25) is 0 Å². The van der Waals surface area contributed by atoms with Crippen molar-refractivity contribution in [3.63, 3.8) is 0 Å². The highest BCUT2D eigenvalue weighted by molar-refractivity contribution is 5.85. The van der Waals surface area contributed by atoms with E-state index in [0.717, 1.165) is 16.9 Å². The van der Waals surface area contributed by atoms with Gasteiger partial charge in [-0.3, -0.25) is 0 Å². The van der Waals surface area contributed by atoms with Crippen molar-refractivity contribution < 1.29 is 4.74 Å². The second-order valence-corrected chi connectivity index (χ2v) is 4.10. The molecule has 2 N–H and O–H groups in total. The summed E-state index contributed by atoms with van der Waals surface area (Å²) < 4.78 is 5.69. The summed E-state index contributed by atoms with van der Waals surface area (Å²) in [5.41, 5.74) is 8.05. The van der Waals surface area contributed by atoms with Crippen molar-refractivity contribution in [3.05, 3.63) is 78.4 Å². The third-order valence-corrected chi connectivity index (χ3v) is 2.77. The Morgan fingerprint density at radius 1 is 1.05 bits per heavy atom. The SMILES string of the molecule is C=C[C@@H](N)c1ccc(OCc2ccccc2)cc1.Cl. The van der Waals surface area contributed by atoms with Crippen LogP contribution in [0.2, 0.25) is 0 Å². The number of ether oxygens (including phenoxy) is 1. The van der Waals surface area contributed by atoms with Crippen LogP contribution in [0.3, 0.4) is 0 Å². The molecule has 0 aromatic heterocycles. The molecule has 2 nitrogen and oxygen atoms in total. The van der Waals surface area contributed by atoms with Crippen molar-refractivity contribution in [2.75, 3.05) is 0 Å². The molecule has 0 aliphatic rings. The van der Waals surface area contributed by atoms with E-state index < -0.39 is 0 Å². The van der Waals surface area contributed by atoms with E-state index in [9.17, 15) is 0 Å². The molecule has 0 amide bonds. The van der Waals surface area contributed by atoms with Crippen LogP contribution in [0.25, 0.3) is 0 Å².